The third-order valence-corrected chi connectivity index (χ3v) is 4.32. The van der Waals surface area contributed by atoms with Gasteiger partial charge in [-0.2, -0.15) is 0 Å². The van der Waals surface area contributed by atoms with E-state index in [0.29, 0.717) is 11.5 Å². The molecule has 2 atom stereocenters. The van der Waals surface area contributed by atoms with Crippen molar-refractivity contribution >= 4 is 0 Å². The Kier molecular flexibility index (Phi) is 4.26. The lowest BCUT2D eigenvalue weighted by Crippen LogP contribution is -2.37. The van der Waals surface area contributed by atoms with Crippen LogP contribution in [0, 0.1) is 5.41 Å². The highest BCUT2D eigenvalue weighted by molar-refractivity contribution is 4.98. The standard InChI is InChI=1S/C14H27NO/c1-3-10-15-13(14(2)8-9-14)7-6-12-5-4-11-16-12/h12-13,15H,3-11H2,1-2H3. The Labute approximate surface area is 100 Å². The van der Waals surface area contributed by atoms with Crippen LogP contribution in [-0.4, -0.2) is 25.3 Å². The Morgan fingerprint density at radius 2 is 2.25 bits per heavy atom. The zero-order chi connectivity index (χ0) is 11.4. The molecule has 2 heteroatoms. The number of ether oxygens (including phenoxy) is 1. The Morgan fingerprint density at radius 1 is 1.44 bits per heavy atom. The topological polar surface area (TPSA) is 21.3 Å². The molecule has 1 heterocycles. The molecular formula is C14H27NO. The summed E-state index contributed by atoms with van der Waals surface area (Å²) in [5, 5.41) is 3.74. The molecular weight excluding hydrogens is 198 g/mol. The molecule has 94 valence electrons. The highest BCUT2D eigenvalue weighted by Crippen LogP contribution is 2.49. The first-order chi connectivity index (χ1) is 7.74. The van der Waals surface area contributed by atoms with Gasteiger partial charge in [-0.3, -0.25) is 0 Å². The number of nitrogens with one attached hydrogen (secondary N) is 1. The highest BCUT2D eigenvalue weighted by atomic mass is 16.5. The van der Waals surface area contributed by atoms with Gasteiger partial charge in [-0.05, 0) is 56.9 Å². The summed E-state index contributed by atoms with van der Waals surface area (Å²) in [6, 6.07) is 0.733. The molecule has 16 heavy (non-hydrogen) atoms. The molecule has 0 aromatic rings. The van der Waals surface area contributed by atoms with Crippen molar-refractivity contribution in [1.29, 1.82) is 0 Å². The Morgan fingerprint density at radius 3 is 2.81 bits per heavy atom. The molecule has 0 aromatic heterocycles. The van der Waals surface area contributed by atoms with Gasteiger partial charge < -0.3 is 10.1 Å². The first-order valence-corrected chi connectivity index (χ1v) is 7.09. The van der Waals surface area contributed by atoms with Gasteiger partial charge in [0, 0.05) is 12.6 Å². The second kappa shape index (κ2) is 5.50. The van der Waals surface area contributed by atoms with Crippen molar-refractivity contribution in [3.8, 4) is 0 Å². The van der Waals surface area contributed by atoms with Crippen molar-refractivity contribution in [2.24, 2.45) is 5.41 Å². The number of hydrogen-bond acceptors (Lipinski definition) is 2. The maximum atomic E-state index is 5.71. The monoisotopic (exact) mass is 225 g/mol. The zero-order valence-corrected chi connectivity index (χ0v) is 10.9. The summed E-state index contributed by atoms with van der Waals surface area (Å²) in [7, 11) is 0. The molecule has 0 spiro atoms. The Balaban J connectivity index is 1.73. The minimum atomic E-state index is 0.563. The molecule has 2 rings (SSSR count). The first kappa shape index (κ1) is 12.4. The highest BCUT2D eigenvalue weighted by Gasteiger charge is 2.44. The van der Waals surface area contributed by atoms with E-state index in [-0.39, 0.29) is 0 Å². The van der Waals surface area contributed by atoms with Gasteiger partial charge in [0.05, 0.1) is 6.10 Å². The van der Waals surface area contributed by atoms with Crippen molar-refractivity contribution in [2.45, 2.75) is 70.9 Å². The summed E-state index contributed by atoms with van der Waals surface area (Å²) < 4.78 is 5.71. The van der Waals surface area contributed by atoms with Crippen LogP contribution in [0.15, 0.2) is 0 Å². The summed E-state index contributed by atoms with van der Waals surface area (Å²) in [5.41, 5.74) is 0.605. The molecule has 2 fully saturated rings. The molecule has 0 amide bonds. The maximum absolute atomic E-state index is 5.71. The van der Waals surface area contributed by atoms with E-state index < -0.39 is 0 Å². The number of hydrogen-bond donors (Lipinski definition) is 1. The predicted octanol–water partition coefficient (Wildman–Crippen LogP) is 3.11. The fourth-order valence-corrected chi connectivity index (χ4v) is 2.79. The van der Waals surface area contributed by atoms with E-state index in [9.17, 15) is 0 Å². The van der Waals surface area contributed by atoms with Gasteiger partial charge in [0.15, 0.2) is 0 Å². The van der Waals surface area contributed by atoms with Gasteiger partial charge in [0.25, 0.3) is 0 Å². The summed E-state index contributed by atoms with van der Waals surface area (Å²) in [6.07, 6.45) is 9.77. The fraction of sp³-hybridized carbons (Fsp3) is 1.00. The van der Waals surface area contributed by atoms with Gasteiger partial charge in [-0.15, -0.1) is 0 Å². The van der Waals surface area contributed by atoms with Crippen LogP contribution in [0.4, 0.5) is 0 Å². The summed E-state index contributed by atoms with van der Waals surface area (Å²) in [6.45, 7) is 6.86. The molecule has 1 N–H and O–H groups in total. The van der Waals surface area contributed by atoms with Crippen molar-refractivity contribution < 1.29 is 4.74 Å². The van der Waals surface area contributed by atoms with Gasteiger partial charge in [-0.1, -0.05) is 13.8 Å². The normalized spacial score (nSPS) is 29.2. The van der Waals surface area contributed by atoms with E-state index in [1.54, 1.807) is 0 Å². The molecule has 1 saturated carbocycles. The van der Waals surface area contributed by atoms with Crippen molar-refractivity contribution in [3.05, 3.63) is 0 Å². The lowest BCUT2D eigenvalue weighted by molar-refractivity contribution is 0.0967. The van der Waals surface area contributed by atoms with Gasteiger partial charge in [0.1, 0.15) is 0 Å². The SMILES string of the molecule is CCCNC(CCC1CCCO1)C1(C)CC1. The summed E-state index contributed by atoms with van der Waals surface area (Å²) >= 11 is 0. The molecule has 2 aliphatic rings. The van der Waals surface area contributed by atoms with Gasteiger partial charge in [0.2, 0.25) is 0 Å². The molecule has 0 bridgehead atoms. The maximum Gasteiger partial charge on any atom is 0.0576 e. The van der Waals surface area contributed by atoms with Crippen LogP contribution in [0.1, 0.15) is 58.8 Å². The summed E-state index contributed by atoms with van der Waals surface area (Å²) in [5.74, 6) is 0. The molecule has 2 nitrogen and oxygen atoms in total. The molecule has 1 aliphatic heterocycles. The lowest BCUT2D eigenvalue weighted by atomic mass is 9.92. The van der Waals surface area contributed by atoms with Crippen molar-refractivity contribution in [2.75, 3.05) is 13.2 Å². The third kappa shape index (κ3) is 3.21. The number of rotatable bonds is 7. The molecule has 2 unspecified atom stereocenters. The average Bonchev–Trinajstić information content (AvgIpc) is 2.83. The molecule has 0 radical (unpaired) electrons. The predicted molar refractivity (Wildman–Crippen MR) is 67.6 cm³/mol. The van der Waals surface area contributed by atoms with Crippen molar-refractivity contribution in [3.63, 3.8) is 0 Å². The van der Waals surface area contributed by atoms with Crippen LogP contribution in [-0.2, 0) is 4.74 Å². The molecule has 0 aromatic carbocycles. The van der Waals surface area contributed by atoms with Crippen LogP contribution < -0.4 is 5.32 Å². The van der Waals surface area contributed by atoms with E-state index in [1.165, 1.54) is 51.5 Å². The van der Waals surface area contributed by atoms with Crippen molar-refractivity contribution in [1.82, 2.24) is 5.32 Å². The minimum absolute atomic E-state index is 0.563. The average molecular weight is 225 g/mol. The second-order valence-electron chi connectivity index (χ2n) is 5.87. The second-order valence-corrected chi connectivity index (χ2v) is 5.87. The molecule has 1 aliphatic carbocycles. The van der Waals surface area contributed by atoms with Crippen LogP contribution in [0.3, 0.4) is 0 Å². The van der Waals surface area contributed by atoms with E-state index >= 15 is 0 Å². The Bertz CT molecular complexity index is 207. The fourth-order valence-electron chi connectivity index (χ4n) is 2.79. The largest absolute Gasteiger partial charge is 0.378 e. The quantitative estimate of drug-likeness (QED) is 0.719. The minimum Gasteiger partial charge on any atom is -0.378 e. The van der Waals surface area contributed by atoms with Gasteiger partial charge >= 0.3 is 0 Å². The van der Waals surface area contributed by atoms with Crippen LogP contribution in [0.25, 0.3) is 0 Å². The van der Waals surface area contributed by atoms with E-state index in [2.05, 4.69) is 19.2 Å². The lowest BCUT2D eigenvalue weighted by Gasteiger charge is -2.26. The van der Waals surface area contributed by atoms with Crippen LogP contribution in [0.2, 0.25) is 0 Å². The third-order valence-electron chi connectivity index (χ3n) is 4.32. The van der Waals surface area contributed by atoms with E-state index in [0.717, 1.165) is 12.6 Å². The Hall–Kier alpha value is -0.0800. The first-order valence-electron chi connectivity index (χ1n) is 7.09. The van der Waals surface area contributed by atoms with E-state index in [1.807, 2.05) is 0 Å². The van der Waals surface area contributed by atoms with Crippen LogP contribution >= 0.6 is 0 Å². The zero-order valence-electron chi connectivity index (χ0n) is 10.9. The van der Waals surface area contributed by atoms with E-state index in [4.69, 9.17) is 4.74 Å². The van der Waals surface area contributed by atoms with Crippen LogP contribution in [0.5, 0.6) is 0 Å². The van der Waals surface area contributed by atoms with Gasteiger partial charge in [-0.25, -0.2) is 0 Å². The smallest absolute Gasteiger partial charge is 0.0576 e. The summed E-state index contributed by atoms with van der Waals surface area (Å²) in [4.78, 5) is 0. The molecule has 1 saturated heterocycles.